The van der Waals surface area contributed by atoms with E-state index in [0.29, 0.717) is 28.8 Å². The fourth-order valence-corrected chi connectivity index (χ4v) is 2.25. The molecular formula is C10H10IN3O3S. The van der Waals surface area contributed by atoms with Crippen LogP contribution < -0.4 is 0 Å². The van der Waals surface area contributed by atoms with Crippen molar-refractivity contribution in [2.45, 2.75) is 12.0 Å². The van der Waals surface area contributed by atoms with Gasteiger partial charge in [-0.2, -0.15) is 5.10 Å². The molecule has 0 aromatic carbocycles. The molecule has 0 radical (unpaired) electrons. The molecule has 0 aliphatic rings. The minimum absolute atomic E-state index is 0.332. The molecule has 6 nitrogen and oxygen atoms in total. The van der Waals surface area contributed by atoms with Crippen molar-refractivity contribution in [3.63, 3.8) is 0 Å². The highest BCUT2D eigenvalue weighted by atomic mass is 127. The number of halogens is 1. The second kappa shape index (κ2) is 5.74. The van der Waals surface area contributed by atoms with Crippen LogP contribution in [-0.4, -0.2) is 27.5 Å². The third-order valence-electron chi connectivity index (χ3n) is 2.19. The van der Waals surface area contributed by atoms with E-state index in [0.717, 1.165) is 0 Å². The van der Waals surface area contributed by atoms with E-state index in [-0.39, 0.29) is 0 Å². The molecule has 0 N–H and O–H groups in total. The third-order valence-corrected chi connectivity index (χ3v) is 3.84. The summed E-state index contributed by atoms with van der Waals surface area (Å²) < 4.78 is 11.5. The Morgan fingerprint density at radius 3 is 2.94 bits per heavy atom. The number of aryl methyl sites for hydroxylation is 1. The van der Waals surface area contributed by atoms with Gasteiger partial charge in [-0.05, 0) is 15.9 Å². The molecule has 2 heterocycles. The summed E-state index contributed by atoms with van der Waals surface area (Å²) in [6.45, 7) is 2.09. The van der Waals surface area contributed by atoms with E-state index in [1.54, 1.807) is 26.1 Å². The minimum Gasteiger partial charge on any atom is -0.461 e. The van der Waals surface area contributed by atoms with E-state index in [9.17, 15) is 4.79 Å². The van der Waals surface area contributed by atoms with Crippen molar-refractivity contribution in [3.05, 3.63) is 17.8 Å². The van der Waals surface area contributed by atoms with Gasteiger partial charge >= 0.3 is 5.97 Å². The van der Waals surface area contributed by atoms with Crippen LogP contribution >= 0.6 is 30.1 Å². The van der Waals surface area contributed by atoms with Crippen LogP contribution in [-0.2, 0) is 11.8 Å². The van der Waals surface area contributed by atoms with Crippen LogP contribution in [0.15, 0.2) is 21.7 Å². The first kappa shape index (κ1) is 13.4. The molecule has 96 valence electrons. The lowest BCUT2D eigenvalue weighted by molar-refractivity contribution is 0.0513. The van der Waals surface area contributed by atoms with Crippen molar-refractivity contribution in [1.29, 1.82) is 0 Å². The van der Waals surface area contributed by atoms with Crippen molar-refractivity contribution in [2.24, 2.45) is 7.05 Å². The number of esters is 1. The van der Waals surface area contributed by atoms with Crippen LogP contribution in [0.3, 0.4) is 0 Å². The standard InChI is InChI=1S/C10H10IN3O3S/c1-3-16-10(15)8-4-6(12-14(8)2)7-5-9(18-11)17-13-7/h4-5H,3H2,1-2H3. The zero-order valence-corrected chi connectivity index (χ0v) is 12.7. The van der Waals surface area contributed by atoms with Crippen LogP contribution in [0.4, 0.5) is 0 Å². The Kier molecular flexibility index (Phi) is 4.27. The van der Waals surface area contributed by atoms with E-state index in [4.69, 9.17) is 9.26 Å². The van der Waals surface area contributed by atoms with E-state index < -0.39 is 5.97 Å². The quantitative estimate of drug-likeness (QED) is 0.601. The van der Waals surface area contributed by atoms with Gasteiger partial charge < -0.3 is 9.26 Å². The van der Waals surface area contributed by atoms with Gasteiger partial charge in [-0.15, -0.1) is 0 Å². The first-order valence-electron chi connectivity index (χ1n) is 5.12. The van der Waals surface area contributed by atoms with Gasteiger partial charge in [-0.25, -0.2) is 4.79 Å². The Labute approximate surface area is 120 Å². The van der Waals surface area contributed by atoms with E-state index in [1.807, 2.05) is 0 Å². The molecule has 0 saturated heterocycles. The summed E-state index contributed by atoms with van der Waals surface area (Å²) in [5.74, 6) is -0.397. The van der Waals surface area contributed by atoms with Crippen molar-refractivity contribution >= 4 is 36.1 Å². The molecule has 0 atom stereocenters. The molecule has 8 heteroatoms. The summed E-state index contributed by atoms with van der Waals surface area (Å²) in [5, 5.41) is 8.79. The number of nitrogens with zero attached hydrogens (tertiary/aromatic N) is 3. The molecule has 2 aromatic rings. The van der Waals surface area contributed by atoms with Gasteiger partial charge in [0.05, 0.1) is 6.61 Å². The summed E-state index contributed by atoms with van der Waals surface area (Å²) in [4.78, 5) is 11.6. The zero-order valence-electron chi connectivity index (χ0n) is 9.71. The molecule has 0 aliphatic carbocycles. The average Bonchev–Trinajstić information content (AvgIpc) is 2.95. The molecule has 2 aromatic heterocycles. The van der Waals surface area contributed by atoms with Gasteiger partial charge in [0, 0.05) is 40.4 Å². The predicted molar refractivity (Wildman–Crippen MR) is 74.5 cm³/mol. The molecule has 0 bridgehead atoms. The summed E-state index contributed by atoms with van der Waals surface area (Å²) in [5.41, 5.74) is 1.57. The van der Waals surface area contributed by atoms with Gasteiger partial charge in [0.2, 0.25) is 5.09 Å². The van der Waals surface area contributed by atoms with Crippen LogP contribution in [0.25, 0.3) is 11.4 Å². The summed E-state index contributed by atoms with van der Waals surface area (Å²) in [7, 11) is 3.11. The van der Waals surface area contributed by atoms with Crippen LogP contribution in [0.2, 0.25) is 0 Å². The summed E-state index contributed by atoms with van der Waals surface area (Å²) >= 11 is 2.10. The Morgan fingerprint density at radius 2 is 2.33 bits per heavy atom. The third kappa shape index (κ3) is 2.69. The molecule has 0 spiro atoms. The van der Waals surface area contributed by atoms with Crippen molar-refractivity contribution < 1.29 is 14.1 Å². The zero-order chi connectivity index (χ0) is 13.1. The molecule has 0 unspecified atom stereocenters. The number of carbonyl (C=O) groups excluding carboxylic acids is 1. The second-order valence-corrected chi connectivity index (χ2v) is 5.25. The van der Waals surface area contributed by atoms with Crippen molar-refractivity contribution in [2.75, 3.05) is 6.61 Å². The maximum absolute atomic E-state index is 11.6. The highest BCUT2D eigenvalue weighted by Gasteiger charge is 2.17. The van der Waals surface area contributed by atoms with Gasteiger partial charge in [0.15, 0.2) is 0 Å². The Morgan fingerprint density at radius 1 is 1.56 bits per heavy atom. The number of carbonyl (C=O) groups is 1. The fourth-order valence-electron chi connectivity index (χ4n) is 1.40. The lowest BCUT2D eigenvalue weighted by atomic mass is 10.3. The summed E-state index contributed by atoms with van der Waals surface area (Å²) in [6.07, 6.45) is 0. The number of rotatable bonds is 4. The van der Waals surface area contributed by atoms with Crippen LogP contribution in [0.5, 0.6) is 0 Å². The predicted octanol–water partition coefficient (Wildman–Crippen LogP) is 2.69. The highest BCUT2D eigenvalue weighted by molar-refractivity contribution is 14.2. The number of ether oxygens (including phenoxy) is 1. The topological polar surface area (TPSA) is 70.2 Å². The largest absolute Gasteiger partial charge is 0.461 e. The lowest BCUT2D eigenvalue weighted by Crippen LogP contribution is -2.10. The smallest absolute Gasteiger partial charge is 0.356 e. The first-order valence-corrected chi connectivity index (χ1v) is 8.48. The van der Waals surface area contributed by atoms with Crippen molar-refractivity contribution in [3.8, 4) is 11.4 Å². The van der Waals surface area contributed by atoms with Gasteiger partial charge in [0.25, 0.3) is 0 Å². The van der Waals surface area contributed by atoms with E-state index in [1.165, 1.54) is 13.6 Å². The Balaban J connectivity index is 2.30. The fraction of sp³-hybridized carbons (Fsp3) is 0.300. The normalized spacial score (nSPS) is 10.6. The Hall–Kier alpha value is -1.03. The summed E-state index contributed by atoms with van der Waals surface area (Å²) in [6, 6.07) is 3.41. The number of hydrogen-bond donors (Lipinski definition) is 0. The van der Waals surface area contributed by atoms with Crippen LogP contribution in [0.1, 0.15) is 17.4 Å². The maximum Gasteiger partial charge on any atom is 0.356 e. The second-order valence-electron chi connectivity index (χ2n) is 3.37. The molecule has 0 amide bonds. The van der Waals surface area contributed by atoms with Gasteiger partial charge in [0.1, 0.15) is 17.1 Å². The highest BCUT2D eigenvalue weighted by Crippen LogP contribution is 2.29. The van der Waals surface area contributed by atoms with Crippen LogP contribution in [0, 0.1) is 0 Å². The molecule has 0 aliphatic heterocycles. The van der Waals surface area contributed by atoms with Gasteiger partial charge in [-0.1, -0.05) is 5.16 Å². The first-order chi connectivity index (χ1) is 8.65. The van der Waals surface area contributed by atoms with E-state index >= 15 is 0 Å². The Bertz CT molecular complexity index is 566. The van der Waals surface area contributed by atoms with Gasteiger partial charge in [-0.3, -0.25) is 4.68 Å². The molecule has 0 fully saturated rings. The number of aromatic nitrogens is 3. The van der Waals surface area contributed by atoms with Crippen molar-refractivity contribution in [1.82, 2.24) is 14.9 Å². The lowest BCUT2D eigenvalue weighted by Gasteiger charge is -1.99. The minimum atomic E-state index is -0.397. The SMILES string of the molecule is CCOC(=O)c1cc(-c2cc(SI)on2)nn1C. The molecule has 2 rings (SSSR count). The average molecular weight is 379 g/mol. The molecule has 18 heavy (non-hydrogen) atoms. The molecule has 0 saturated carbocycles. The number of hydrogen-bond acceptors (Lipinski definition) is 6. The maximum atomic E-state index is 11.6. The monoisotopic (exact) mass is 379 g/mol. The van der Waals surface area contributed by atoms with E-state index in [2.05, 4.69) is 31.5 Å². The molecular weight excluding hydrogens is 369 g/mol.